The second-order valence-corrected chi connectivity index (χ2v) is 7.26. The summed E-state index contributed by atoms with van der Waals surface area (Å²) < 4.78 is 33.8. The molecular formula is C22H22ClF2N3O2. The van der Waals surface area contributed by atoms with E-state index in [1.165, 1.54) is 6.07 Å². The highest BCUT2D eigenvalue weighted by molar-refractivity contribution is 6.31. The summed E-state index contributed by atoms with van der Waals surface area (Å²) in [5.74, 6) is -1.70. The van der Waals surface area contributed by atoms with Gasteiger partial charge in [0.05, 0.1) is 16.4 Å². The molecule has 8 heteroatoms. The molecule has 1 heterocycles. The lowest BCUT2D eigenvalue weighted by Crippen LogP contribution is -2.25. The van der Waals surface area contributed by atoms with Crippen molar-refractivity contribution in [1.82, 2.24) is 15.1 Å². The molecule has 0 bridgehead atoms. The van der Waals surface area contributed by atoms with E-state index in [0.717, 1.165) is 23.5 Å². The molecule has 1 N–H and O–H groups in total. The largest absolute Gasteiger partial charge is 0.486 e. The van der Waals surface area contributed by atoms with Crippen molar-refractivity contribution < 1.29 is 18.3 Å². The molecule has 1 amide bonds. The number of halogens is 3. The predicted octanol–water partition coefficient (Wildman–Crippen LogP) is 4.83. The zero-order chi connectivity index (χ0) is 21.7. The molecule has 0 radical (unpaired) electrons. The van der Waals surface area contributed by atoms with Gasteiger partial charge in [-0.1, -0.05) is 23.7 Å². The standard InChI is InChI=1S/C22H22ClF2N3O2/c1-14-21(23)15(2)28(27-14)10-4-9-26-22(29)17-6-3-5-16(11-17)13-30-20-8-7-18(24)12-19(20)25/h3,5-8,11-12H,4,9-10,13H2,1-2H3,(H,26,29). The van der Waals surface area contributed by atoms with E-state index in [2.05, 4.69) is 10.4 Å². The molecule has 0 saturated carbocycles. The number of hydrogen-bond donors (Lipinski definition) is 1. The molecule has 2 aromatic carbocycles. The first-order valence-corrected chi connectivity index (χ1v) is 9.87. The van der Waals surface area contributed by atoms with Crippen LogP contribution in [0.15, 0.2) is 42.5 Å². The van der Waals surface area contributed by atoms with Gasteiger partial charge >= 0.3 is 0 Å². The number of rotatable bonds is 8. The lowest BCUT2D eigenvalue weighted by Gasteiger charge is -2.10. The number of nitrogens with zero attached hydrogens (tertiary/aromatic N) is 2. The van der Waals surface area contributed by atoms with Gasteiger partial charge in [-0.15, -0.1) is 0 Å². The van der Waals surface area contributed by atoms with Gasteiger partial charge in [0.2, 0.25) is 0 Å². The number of aryl methyl sites for hydroxylation is 2. The molecule has 0 atom stereocenters. The fourth-order valence-electron chi connectivity index (χ4n) is 2.98. The van der Waals surface area contributed by atoms with Crippen LogP contribution in [0.25, 0.3) is 0 Å². The number of amides is 1. The molecular weight excluding hydrogens is 412 g/mol. The van der Waals surface area contributed by atoms with Gasteiger partial charge in [0.15, 0.2) is 11.6 Å². The monoisotopic (exact) mass is 433 g/mol. The van der Waals surface area contributed by atoms with Gasteiger partial charge in [-0.25, -0.2) is 8.78 Å². The molecule has 30 heavy (non-hydrogen) atoms. The first-order chi connectivity index (χ1) is 14.3. The van der Waals surface area contributed by atoms with Crippen LogP contribution in [0, 0.1) is 25.5 Å². The minimum absolute atomic E-state index is 0.0458. The third-order valence-electron chi connectivity index (χ3n) is 4.60. The van der Waals surface area contributed by atoms with Gasteiger partial charge in [-0.05, 0) is 50.1 Å². The van der Waals surface area contributed by atoms with Gasteiger partial charge in [0, 0.05) is 24.7 Å². The second kappa shape index (κ2) is 9.71. The molecule has 3 aromatic rings. The summed E-state index contributed by atoms with van der Waals surface area (Å²) in [6.45, 7) is 4.95. The number of ether oxygens (including phenoxy) is 1. The summed E-state index contributed by atoms with van der Waals surface area (Å²) in [6.07, 6.45) is 0.705. The third kappa shape index (κ3) is 5.36. The summed E-state index contributed by atoms with van der Waals surface area (Å²) >= 11 is 6.14. The molecule has 1 aromatic heterocycles. The van der Waals surface area contributed by atoms with Gasteiger partial charge in [0.25, 0.3) is 5.91 Å². The van der Waals surface area contributed by atoms with E-state index in [4.69, 9.17) is 16.3 Å². The lowest BCUT2D eigenvalue weighted by atomic mass is 10.1. The highest BCUT2D eigenvalue weighted by Crippen LogP contribution is 2.20. The van der Waals surface area contributed by atoms with Crippen molar-refractivity contribution in [1.29, 1.82) is 0 Å². The van der Waals surface area contributed by atoms with Crippen LogP contribution in [0.1, 0.15) is 33.7 Å². The van der Waals surface area contributed by atoms with E-state index in [1.54, 1.807) is 24.3 Å². The summed E-state index contributed by atoms with van der Waals surface area (Å²) in [4.78, 5) is 12.4. The van der Waals surface area contributed by atoms with Crippen molar-refractivity contribution in [3.05, 3.63) is 81.6 Å². The van der Waals surface area contributed by atoms with E-state index >= 15 is 0 Å². The SMILES string of the molecule is Cc1nn(CCCNC(=O)c2cccc(COc3ccc(F)cc3F)c2)c(C)c1Cl. The average molecular weight is 434 g/mol. The summed E-state index contributed by atoms with van der Waals surface area (Å²) in [5, 5.41) is 7.90. The normalized spacial score (nSPS) is 10.8. The Labute approximate surface area is 178 Å². The fourth-order valence-corrected chi connectivity index (χ4v) is 3.12. The van der Waals surface area contributed by atoms with Crippen LogP contribution in [0.3, 0.4) is 0 Å². The van der Waals surface area contributed by atoms with Crippen molar-refractivity contribution in [2.75, 3.05) is 6.54 Å². The zero-order valence-corrected chi connectivity index (χ0v) is 17.5. The first-order valence-electron chi connectivity index (χ1n) is 9.49. The molecule has 0 spiro atoms. The second-order valence-electron chi connectivity index (χ2n) is 6.88. The van der Waals surface area contributed by atoms with Crippen molar-refractivity contribution in [2.45, 2.75) is 33.4 Å². The zero-order valence-electron chi connectivity index (χ0n) is 16.7. The summed E-state index contributed by atoms with van der Waals surface area (Å²) in [7, 11) is 0. The third-order valence-corrected chi connectivity index (χ3v) is 5.15. The Hall–Kier alpha value is -2.93. The maximum atomic E-state index is 13.7. The molecule has 0 aliphatic carbocycles. The van der Waals surface area contributed by atoms with Crippen LogP contribution in [0.2, 0.25) is 5.02 Å². The van der Waals surface area contributed by atoms with Crippen LogP contribution in [0.5, 0.6) is 5.75 Å². The maximum Gasteiger partial charge on any atom is 0.251 e. The highest BCUT2D eigenvalue weighted by atomic mass is 35.5. The van der Waals surface area contributed by atoms with E-state index < -0.39 is 11.6 Å². The topological polar surface area (TPSA) is 56.2 Å². The molecule has 158 valence electrons. The number of carbonyl (C=O) groups excluding carboxylic acids is 1. The highest BCUT2D eigenvalue weighted by Gasteiger charge is 2.10. The maximum absolute atomic E-state index is 13.7. The van der Waals surface area contributed by atoms with Gasteiger partial charge in [-0.2, -0.15) is 5.10 Å². The van der Waals surface area contributed by atoms with Crippen LogP contribution in [0.4, 0.5) is 8.78 Å². The average Bonchev–Trinajstić information content (AvgIpc) is 2.97. The number of nitrogens with one attached hydrogen (secondary N) is 1. The van der Waals surface area contributed by atoms with Gasteiger partial charge < -0.3 is 10.1 Å². The Morgan fingerprint density at radius 1 is 1.20 bits per heavy atom. The lowest BCUT2D eigenvalue weighted by molar-refractivity contribution is 0.0952. The minimum Gasteiger partial charge on any atom is -0.486 e. The molecule has 0 fully saturated rings. The van der Waals surface area contributed by atoms with Crippen LogP contribution < -0.4 is 10.1 Å². The van der Waals surface area contributed by atoms with Crippen molar-refractivity contribution in [3.63, 3.8) is 0 Å². The van der Waals surface area contributed by atoms with Gasteiger partial charge in [0.1, 0.15) is 12.4 Å². The molecule has 0 aliphatic rings. The number of aromatic nitrogens is 2. The molecule has 0 unspecified atom stereocenters. The Kier molecular flexibility index (Phi) is 7.05. The Morgan fingerprint density at radius 3 is 2.70 bits per heavy atom. The number of hydrogen-bond acceptors (Lipinski definition) is 3. The van der Waals surface area contributed by atoms with Crippen molar-refractivity contribution >= 4 is 17.5 Å². The van der Waals surface area contributed by atoms with E-state index in [-0.39, 0.29) is 18.3 Å². The number of benzene rings is 2. The molecule has 5 nitrogen and oxygen atoms in total. The molecule has 3 rings (SSSR count). The smallest absolute Gasteiger partial charge is 0.251 e. The summed E-state index contributed by atoms with van der Waals surface area (Å²) in [5.41, 5.74) is 2.87. The van der Waals surface area contributed by atoms with E-state index in [0.29, 0.717) is 35.7 Å². The Bertz CT molecular complexity index is 1050. The van der Waals surface area contributed by atoms with Gasteiger partial charge in [-0.3, -0.25) is 9.48 Å². The van der Waals surface area contributed by atoms with E-state index in [9.17, 15) is 13.6 Å². The van der Waals surface area contributed by atoms with E-state index in [1.807, 2.05) is 18.5 Å². The molecule has 0 aliphatic heterocycles. The van der Waals surface area contributed by atoms with Crippen molar-refractivity contribution in [2.24, 2.45) is 0 Å². The first kappa shape index (κ1) is 21.8. The quantitative estimate of drug-likeness (QED) is 0.517. The predicted molar refractivity (Wildman–Crippen MR) is 111 cm³/mol. The van der Waals surface area contributed by atoms with Crippen LogP contribution in [-0.2, 0) is 13.2 Å². The molecule has 0 saturated heterocycles. The Morgan fingerprint density at radius 2 is 2.00 bits per heavy atom. The van der Waals surface area contributed by atoms with Crippen LogP contribution >= 0.6 is 11.6 Å². The van der Waals surface area contributed by atoms with Crippen molar-refractivity contribution in [3.8, 4) is 5.75 Å². The Balaban J connectivity index is 1.50. The number of carbonyl (C=O) groups is 1. The summed E-state index contributed by atoms with van der Waals surface area (Å²) in [6, 6.07) is 9.99. The van der Waals surface area contributed by atoms with Crippen LogP contribution in [-0.4, -0.2) is 22.2 Å². The fraction of sp³-hybridized carbons (Fsp3) is 0.273. The minimum atomic E-state index is -0.771.